The second-order valence-electron chi connectivity index (χ2n) is 5.70. The fourth-order valence-electron chi connectivity index (χ4n) is 2.19. The quantitative estimate of drug-likeness (QED) is 0.526. The number of benzene rings is 2. The van der Waals surface area contributed by atoms with Gasteiger partial charge in [-0.15, -0.1) is 0 Å². The number of rotatable bonds is 6. The molecule has 0 fully saturated rings. The highest BCUT2D eigenvalue weighted by Crippen LogP contribution is 2.37. The second kappa shape index (κ2) is 8.88. The molecular formula is C17H15Cl4NO4S. The Balaban J connectivity index is 2.60. The van der Waals surface area contributed by atoms with Crippen LogP contribution in [0.25, 0.3) is 0 Å². The summed E-state index contributed by atoms with van der Waals surface area (Å²) in [5.74, 6) is -0.760. The Morgan fingerprint density at radius 3 is 2.11 bits per heavy atom. The molecule has 0 bridgehead atoms. The first-order valence-electron chi connectivity index (χ1n) is 7.65. The summed E-state index contributed by atoms with van der Waals surface area (Å²) in [5, 5.41) is 0.358. The summed E-state index contributed by atoms with van der Waals surface area (Å²) in [7, 11) is -4.25. The molecule has 27 heavy (non-hydrogen) atoms. The predicted octanol–water partition coefficient (Wildman–Crippen LogP) is 5.45. The first kappa shape index (κ1) is 22.1. The molecule has 0 aromatic heterocycles. The summed E-state index contributed by atoms with van der Waals surface area (Å²) in [6.45, 7) is 2.68. The van der Waals surface area contributed by atoms with Gasteiger partial charge in [-0.25, -0.2) is 8.42 Å². The summed E-state index contributed by atoms with van der Waals surface area (Å²) in [6, 6.07) is 8.29. The molecule has 146 valence electrons. The Labute approximate surface area is 177 Å². The minimum Gasteiger partial charge on any atom is -0.462 e. The van der Waals surface area contributed by atoms with Crippen LogP contribution in [-0.2, 0) is 19.6 Å². The molecule has 0 spiro atoms. The van der Waals surface area contributed by atoms with Crippen molar-refractivity contribution in [1.82, 2.24) is 0 Å². The zero-order chi connectivity index (χ0) is 20.4. The van der Waals surface area contributed by atoms with Crippen molar-refractivity contribution in [1.29, 1.82) is 0 Å². The molecule has 5 nitrogen and oxygen atoms in total. The number of anilines is 1. The Kier molecular flexibility index (Phi) is 7.27. The topological polar surface area (TPSA) is 63.7 Å². The molecule has 0 aliphatic carbocycles. The van der Waals surface area contributed by atoms with Crippen LogP contribution >= 0.6 is 46.4 Å². The lowest BCUT2D eigenvalue weighted by Gasteiger charge is -2.26. The van der Waals surface area contributed by atoms with E-state index in [9.17, 15) is 13.2 Å². The zero-order valence-corrected chi connectivity index (χ0v) is 18.1. The molecule has 0 heterocycles. The van der Waals surface area contributed by atoms with Gasteiger partial charge in [-0.3, -0.25) is 9.10 Å². The average Bonchev–Trinajstić information content (AvgIpc) is 2.55. The molecule has 0 saturated heterocycles. The van der Waals surface area contributed by atoms with Gasteiger partial charge < -0.3 is 4.74 Å². The number of sulfonamides is 1. The van der Waals surface area contributed by atoms with Gasteiger partial charge in [-0.1, -0.05) is 52.5 Å². The van der Waals surface area contributed by atoms with E-state index in [2.05, 4.69) is 0 Å². The van der Waals surface area contributed by atoms with E-state index in [-0.39, 0.29) is 30.7 Å². The van der Waals surface area contributed by atoms with E-state index in [1.807, 2.05) is 0 Å². The van der Waals surface area contributed by atoms with E-state index >= 15 is 0 Å². The average molecular weight is 471 g/mol. The number of ether oxygens (including phenoxy) is 1. The number of carbonyl (C=O) groups is 1. The molecule has 10 heteroatoms. The van der Waals surface area contributed by atoms with Gasteiger partial charge in [0.25, 0.3) is 10.0 Å². The van der Waals surface area contributed by atoms with Gasteiger partial charge in [0.05, 0.1) is 36.8 Å². The molecule has 0 atom stereocenters. The van der Waals surface area contributed by atoms with Crippen LogP contribution in [0.2, 0.25) is 20.1 Å². The number of para-hydroxylation sites is 1. The Bertz CT molecular complexity index is 943. The van der Waals surface area contributed by atoms with Crippen LogP contribution in [0.4, 0.5) is 5.69 Å². The van der Waals surface area contributed by atoms with Crippen molar-refractivity contribution in [2.24, 2.45) is 0 Å². The molecule has 0 amide bonds. The smallest absolute Gasteiger partial charge is 0.327 e. The Morgan fingerprint density at radius 1 is 1.00 bits per heavy atom. The highest BCUT2D eigenvalue weighted by atomic mass is 35.5. The first-order valence-corrected chi connectivity index (χ1v) is 10.6. The van der Waals surface area contributed by atoms with Crippen molar-refractivity contribution in [2.45, 2.75) is 24.8 Å². The van der Waals surface area contributed by atoms with Crippen LogP contribution in [-0.4, -0.2) is 27.0 Å². The lowest BCUT2D eigenvalue weighted by Crippen LogP contribution is -2.37. The minimum absolute atomic E-state index is 0.0346. The fourth-order valence-corrected chi connectivity index (χ4v) is 4.73. The second-order valence-corrected chi connectivity index (χ2v) is 9.19. The molecule has 2 aromatic rings. The Morgan fingerprint density at radius 2 is 1.59 bits per heavy atom. The third-order valence-electron chi connectivity index (χ3n) is 3.31. The molecule has 0 saturated carbocycles. The number of carbonyl (C=O) groups excluding carboxylic acids is 1. The van der Waals surface area contributed by atoms with Gasteiger partial charge in [0, 0.05) is 0 Å². The van der Waals surface area contributed by atoms with Crippen molar-refractivity contribution in [3.8, 4) is 0 Å². The van der Waals surface area contributed by atoms with Crippen molar-refractivity contribution in [3.05, 3.63) is 56.5 Å². The summed E-state index contributed by atoms with van der Waals surface area (Å²) in [4.78, 5) is 12.0. The number of halogens is 4. The maximum absolute atomic E-state index is 13.2. The van der Waals surface area contributed by atoms with Gasteiger partial charge in [0.15, 0.2) is 0 Å². The van der Waals surface area contributed by atoms with Crippen molar-refractivity contribution >= 4 is 68.1 Å². The third kappa shape index (κ3) is 5.21. The maximum Gasteiger partial charge on any atom is 0.327 e. The van der Waals surface area contributed by atoms with Gasteiger partial charge >= 0.3 is 5.97 Å². The van der Waals surface area contributed by atoms with Gasteiger partial charge in [0.2, 0.25) is 0 Å². The van der Waals surface area contributed by atoms with Crippen LogP contribution in [0.1, 0.15) is 13.8 Å². The SMILES string of the molecule is CC(C)OC(=O)CN(c1c(Cl)cccc1Cl)S(=O)(=O)c1ccc(Cl)c(Cl)c1. The molecule has 0 radical (unpaired) electrons. The van der Waals surface area contributed by atoms with Crippen LogP contribution in [0, 0.1) is 0 Å². The summed E-state index contributed by atoms with van der Waals surface area (Å²) < 4.78 is 32.3. The van der Waals surface area contributed by atoms with Gasteiger partial charge in [0.1, 0.15) is 6.54 Å². The zero-order valence-electron chi connectivity index (χ0n) is 14.2. The molecule has 0 aliphatic rings. The lowest BCUT2D eigenvalue weighted by atomic mass is 10.3. The van der Waals surface area contributed by atoms with Crippen LogP contribution in [0.15, 0.2) is 41.3 Å². The van der Waals surface area contributed by atoms with E-state index in [4.69, 9.17) is 51.1 Å². The molecule has 0 unspecified atom stereocenters. The minimum atomic E-state index is -4.25. The predicted molar refractivity (Wildman–Crippen MR) is 109 cm³/mol. The third-order valence-corrected chi connectivity index (χ3v) is 6.40. The number of nitrogens with zero attached hydrogens (tertiary/aromatic N) is 1. The molecule has 0 N–H and O–H groups in total. The molecule has 2 aromatic carbocycles. The van der Waals surface area contributed by atoms with E-state index in [0.29, 0.717) is 0 Å². The van der Waals surface area contributed by atoms with Crippen molar-refractivity contribution < 1.29 is 17.9 Å². The van der Waals surface area contributed by atoms with Crippen molar-refractivity contribution in [2.75, 3.05) is 10.8 Å². The molecular weight excluding hydrogens is 456 g/mol. The Hall–Kier alpha value is -1.18. The first-order chi connectivity index (χ1) is 12.5. The van der Waals surface area contributed by atoms with Gasteiger partial charge in [-0.2, -0.15) is 0 Å². The van der Waals surface area contributed by atoms with E-state index in [0.717, 1.165) is 4.31 Å². The van der Waals surface area contributed by atoms with Crippen molar-refractivity contribution in [3.63, 3.8) is 0 Å². The largest absolute Gasteiger partial charge is 0.462 e. The highest BCUT2D eigenvalue weighted by Gasteiger charge is 2.31. The highest BCUT2D eigenvalue weighted by molar-refractivity contribution is 7.92. The lowest BCUT2D eigenvalue weighted by molar-refractivity contribution is -0.145. The summed E-state index contributed by atoms with van der Waals surface area (Å²) in [6.07, 6.45) is -0.422. The standard InChI is InChI=1S/C17H15Cl4NO4S/c1-10(2)26-16(23)9-22(17-13(19)4-3-5-14(17)20)27(24,25)11-6-7-12(18)15(21)8-11/h3-8,10H,9H2,1-2H3. The normalized spacial score (nSPS) is 11.5. The molecule has 2 rings (SSSR count). The summed E-state index contributed by atoms with van der Waals surface area (Å²) >= 11 is 24.2. The number of esters is 1. The maximum atomic E-state index is 13.2. The monoisotopic (exact) mass is 469 g/mol. The van der Waals surface area contributed by atoms with E-state index in [1.54, 1.807) is 19.9 Å². The van der Waals surface area contributed by atoms with Crippen LogP contribution in [0.3, 0.4) is 0 Å². The van der Waals surface area contributed by atoms with Gasteiger partial charge in [-0.05, 0) is 44.2 Å². The van der Waals surface area contributed by atoms with Crippen LogP contribution < -0.4 is 4.31 Å². The fraction of sp³-hybridized carbons (Fsp3) is 0.235. The summed E-state index contributed by atoms with van der Waals surface area (Å²) in [5.41, 5.74) is -0.0346. The number of hydrogen-bond acceptors (Lipinski definition) is 4. The van der Waals surface area contributed by atoms with E-state index < -0.39 is 28.6 Å². The molecule has 0 aliphatic heterocycles. The van der Waals surface area contributed by atoms with E-state index in [1.165, 1.54) is 30.3 Å². The van der Waals surface area contributed by atoms with Crippen LogP contribution in [0.5, 0.6) is 0 Å². The number of hydrogen-bond donors (Lipinski definition) is 0.